The number of hydrogen-bond donors (Lipinski definition) is 0. The molecule has 0 spiro atoms. The van der Waals surface area contributed by atoms with Gasteiger partial charge >= 0.3 is 0 Å². The van der Waals surface area contributed by atoms with E-state index in [0.29, 0.717) is 5.92 Å². The number of rotatable bonds is 6. The number of benzene rings is 5. The molecule has 1 aliphatic carbocycles. The van der Waals surface area contributed by atoms with E-state index in [4.69, 9.17) is 15.0 Å². The van der Waals surface area contributed by atoms with E-state index < -0.39 is 0 Å². The minimum atomic E-state index is 0.189. The Morgan fingerprint density at radius 1 is 0.522 bits per heavy atom. The van der Waals surface area contributed by atoms with E-state index in [-0.39, 0.29) is 5.92 Å². The molecule has 2 aromatic heterocycles. The summed E-state index contributed by atoms with van der Waals surface area (Å²) in [6, 6.07) is 48.4. The van der Waals surface area contributed by atoms with Gasteiger partial charge in [-0.15, -0.1) is 0 Å². The van der Waals surface area contributed by atoms with Gasteiger partial charge in [-0.05, 0) is 47.7 Å². The van der Waals surface area contributed by atoms with Crippen molar-refractivity contribution in [1.82, 2.24) is 15.0 Å². The lowest BCUT2D eigenvalue weighted by Crippen LogP contribution is -2.12. The molecule has 0 aliphatic heterocycles. The second-order valence-corrected chi connectivity index (χ2v) is 11.7. The van der Waals surface area contributed by atoms with Crippen LogP contribution in [0.25, 0.3) is 44.3 Å². The van der Waals surface area contributed by atoms with Crippen molar-refractivity contribution in [2.75, 3.05) is 4.90 Å². The number of para-hydroxylation sites is 2. The van der Waals surface area contributed by atoms with Crippen molar-refractivity contribution in [3.05, 3.63) is 170 Å². The fourth-order valence-corrected chi connectivity index (χ4v) is 6.40. The summed E-state index contributed by atoms with van der Waals surface area (Å²) < 4.78 is 0. The first-order valence-electron chi connectivity index (χ1n) is 15.8. The lowest BCUT2D eigenvalue weighted by molar-refractivity contribution is 0.619. The average Bonchev–Trinajstić information content (AvgIpc) is 3.13. The fraction of sp³-hybridized carbons (Fsp3) is 0.0714. The van der Waals surface area contributed by atoms with Crippen molar-refractivity contribution < 1.29 is 0 Å². The molecule has 0 N–H and O–H groups in total. The van der Waals surface area contributed by atoms with Crippen LogP contribution in [0.2, 0.25) is 0 Å². The van der Waals surface area contributed by atoms with Crippen LogP contribution in [0.5, 0.6) is 0 Å². The van der Waals surface area contributed by atoms with Gasteiger partial charge in [0.1, 0.15) is 5.82 Å². The summed E-state index contributed by atoms with van der Waals surface area (Å²) in [5.74, 6) is 2.18. The molecule has 4 nitrogen and oxygen atoms in total. The number of hydrogen-bond acceptors (Lipinski definition) is 4. The first kappa shape index (κ1) is 27.7. The zero-order valence-corrected chi connectivity index (χ0v) is 25.5. The standard InChI is InChI=1S/C42H32N4/c1-29-14-8-9-19-34(29)40-28-39(43-41(44-40)31-15-4-2-5-16-31)30-24-26-33(27-25-30)46(32-17-6-3-7-18-32)42-37-22-11-10-20-35(37)36-21-12-13-23-38(36)45-42/h2-29,34H,1H3. The Morgan fingerprint density at radius 2 is 1.15 bits per heavy atom. The zero-order chi connectivity index (χ0) is 30.9. The molecule has 8 rings (SSSR count). The quantitative estimate of drug-likeness (QED) is 0.180. The molecule has 220 valence electrons. The van der Waals surface area contributed by atoms with Crippen molar-refractivity contribution in [3.8, 4) is 22.6 Å². The number of aromatic nitrogens is 3. The Kier molecular flexibility index (Phi) is 7.16. The number of nitrogens with zero attached hydrogens (tertiary/aromatic N) is 4. The third kappa shape index (κ3) is 5.14. The van der Waals surface area contributed by atoms with E-state index in [1.54, 1.807) is 0 Å². The van der Waals surface area contributed by atoms with E-state index in [9.17, 15) is 0 Å². The van der Waals surface area contributed by atoms with Gasteiger partial charge in [0.2, 0.25) is 0 Å². The summed E-state index contributed by atoms with van der Waals surface area (Å²) in [6.07, 6.45) is 8.72. The third-order valence-electron chi connectivity index (χ3n) is 8.77. The number of anilines is 3. The highest BCUT2D eigenvalue weighted by atomic mass is 15.2. The van der Waals surface area contributed by atoms with Crippen LogP contribution < -0.4 is 4.90 Å². The molecule has 46 heavy (non-hydrogen) atoms. The van der Waals surface area contributed by atoms with Gasteiger partial charge in [-0.1, -0.05) is 134 Å². The Hall–Kier alpha value is -5.87. The number of pyridine rings is 1. The van der Waals surface area contributed by atoms with Gasteiger partial charge in [0, 0.05) is 39.2 Å². The van der Waals surface area contributed by atoms with Crippen LogP contribution in [-0.2, 0) is 0 Å². The smallest absolute Gasteiger partial charge is 0.160 e. The Morgan fingerprint density at radius 3 is 1.91 bits per heavy atom. The predicted octanol–water partition coefficient (Wildman–Crippen LogP) is 10.8. The van der Waals surface area contributed by atoms with E-state index in [1.807, 2.05) is 24.3 Å². The second-order valence-electron chi connectivity index (χ2n) is 11.7. The molecule has 0 amide bonds. The molecule has 4 heteroatoms. The third-order valence-corrected chi connectivity index (χ3v) is 8.77. The average molecular weight is 593 g/mol. The van der Waals surface area contributed by atoms with Crippen molar-refractivity contribution in [2.45, 2.75) is 12.8 Å². The first-order valence-corrected chi connectivity index (χ1v) is 15.8. The Labute approximate surface area is 269 Å². The van der Waals surface area contributed by atoms with Crippen LogP contribution in [0, 0.1) is 5.92 Å². The number of fused-ring (bicyclic) bond motifs is 3. The van der Waals surface area contributed by atoms with Crippen molar-refractivity contribution >= 4 is 38.9 Å². The van der Waals surface area contributed by atoms with Gasteiger partial charge in [0.15, 0.2) is 5.82 Å². The fourth-order valence-electron chi connectivity index (χ4n) is 6.40. The van der Waals surface area contributed by atoms with Crippen LogP contribution in [-0.4, -0.2) is 15.0 Å². The molecule has 0 saturated carbocycles. The molecule has 7 aromatic rings. The molecule has 0 radical (unpaired) electrons. The Balaban J connectivity index is 1.26. The number of allylic oxidation sites excluding steroid dienone is 4. The normalized spacial score (nSPS) is 15.8. The maximum atomic E-state index is 5.25. The summed E-state index contributed by atoms with van der Waals surface area (Å²) in [5.41, 5.74) is 7.02. The maximum absolute atomic E-state index is 5.25. The van der Waals surface area contributed by atoms with Crippen LogP contribution in [0.15, 0.2) is 164 Å². The molecule has 1 aliphatic rings. The highest BCUT2D eigenvalue weighted by molar-refractivity contribution is 6.11. The van der Waals surface area contributed by atoms with Crippen molar-refractivity contribution in [1.29, 1.82) is 0 Å². The molecule has 0 fully saturated rings. The molecule has 2 heterocycles. The van der Waals surface area contributed by atoms with Crippen molar-refractivity contribution in [3.63, 3.8) is 0 Å². The molecule has 0 saturated heterocycles. The SMILES string of the molecule is CC1C=CC=CC1c1cc(-c2ccc(N(c3ccccc3)c3nc4ccccc4c4ccccc34)cc2)nc(-c2ccccc2)n1. The molecule has 0 bridgehead atoms. The van der Waals surface area contributed by atoms with Gasteiger partial charge in [-0.3, -0.25) is 4.90 Å². The summed E-state index contributed by atoms with van der Waals surface area (Å²) in [4.78, 5) is 17.6. The van der Waals surface area contributed by atoms with Crippen LogP contribution in [0.4, 0.5) is 17.2 Å². The monoisotopic (exact) mass is 592 g/mol. The van der Waals surface area contributed by atoms with Crippen LogP contribution in [0.3, 0.4) is 0 Å². The maximum Gasteiger partial charge on any atom is 0.160 e. The van der Waals surface area contributed by atoms with Gasteiger partial charge in [-0.2, -0.15) is 0 Å². The highest BCUT2D eigenvalue weighted by Gasteiger charge is 2.22. The van der Waals surface area contributed by atoms with E-state index in [1.165, 1.54) is 5.39 Å². The topological polar surface area (TPSA) is 41.9 Å². The summed E-state index contributed by atoms with van der Waals surface area (Å²) in [5, 5.41) is 3.44. The largest absolute Gasteiger partial charge is 0.295 e. The van der Waals surface area contributed by atoms with E-state index in [2.05, 4.69) is 151 Å². The van der Waals surface area contributed by atoms with Gasteiger partial charge in [-0.25, -0.2) is 15.0 Å². The van der Waals surface area contributed by atoms with Gasteiger partial charge in [0.05, 0.1) is 16.9 Å². The van der Waals surface area contributed by atoms with Crippen LogP contribution in [0.1, 0.15) is 18.5 Å². The molecule has 2 atom stereocenters. The predicted molar refractivity (Wildman–Crippen MR) is 191 cm³/mol. The van der Waals surface area contributed by atoms with E-state index in [0.717, 1.165) is 61.8 Å². The van der Waals surface area contributed by atoms with Gasteiger partial charge in [0.25, 0.3) is 0 Å². The molecular formula is C42H32N4. The zero-order valence-electron chi connectivity index (χ0n) is 25.5. The molecule has 2 unspecified atom stereocenters. The summed E-state index contributed by atoms with van der Waals surface area (Å²) >= 11 is 0. The minimum Gasteiger partial charge on any atom is -0.295 e. The molecule has 5 aromatic carbocycles. The first-order chi connectivity index (χ1) is 22.7. The van der Waals surface area contributed by atoms with E-state index >= 15 is 0 Å². The lowest BCUT2D eigenvalue weighted by Gasteiger charge is -2.26. The summed E-state index contributed by atoms with van der Waals surface area (Å²) in [6.45, 7) is 2.24. The second kappa shape index (κ2) is 11.9. The lowest BCUT2D eigenvalue weighted by atomic mass is 9.86. The van der Waals surface area contributed by atoms with Crippen LogP contribution >= 0.6 is 0 Å². The molecular weight excluding hydrogens is 560 g/mol. The Bertz CT molecular complexity index is 2220. The minimum absolute atomic E-state index is 0.189. The summed E-state index contributed by atoms with van der Waals surface area (Å²) in [7, 11) is 0. The van der Waals surface area contributed by atoms with Gasteiger partial charge < -0.3 is 0 Å². The highest BCUT2D eigenvalue weighted by Crippen LogP contribution is 2.40. The van der Waals surface area contributed by atoms with Crippen molar-refractivity contribution in [2.24, 2.45) is 5.92 Å².